The third-order valence-corrected chi connectivity index (χ3v) is 6.44. The Morgan fingerprint density at radius 2 is 1.64 bits per heavy atom. The molecule has 1 N–H and O–H groups in total. The van der Waals surface area contributed by atoms with Crippen molar-refractivity contribution < 1.29 is 18.7 Å². The standard InChI is InChI=1S/C30H35FN2O3/c1-5-22(3)32-30(35)27(18-24-11-7-6-8-12-24)33(19-25-14-16-26(31)17-15-25)29(34)20-36-28-13-9-10-21(2)23(28)4/h6-17,22,27H,5,18-20H2,1-4H3,(H,32,35). The Balaban J connectivity index is 1.92. The first-order chi connectivity index (χ1) is 17.3. The molecule has 3 aromatic carbocycles. The molecule has 3 aromatic rings. The summed E-state index contributed by atoms with van der Waals surface area (Å²) in [5.74, 6) is -0.269. The van der Waals surface area contributed by atoms with Crippen LogP contribution in [-0.2, 0) is 22.6 Å². The zero-order valence-corrected chi connectivity index (χ0v) is 21.5. The summed E-state index contributed by atoms with van der Waals surface area (Å²) < 4.78 is 19.5. The van der Waals surface area contributed by atoms with E-state index in [0.717, 1.165) is 28.7 Å². The van der Waals surface area contributed by atoms with Crippen molar-refractivity contribution in [1.82, 2.24) is 10.2 Å². The first kappa shape index (κ1) is 26.9. The number of halogens is 1. The quantitative estimate of drug-likeness (QED) is 0.393. The normalized spacial score (nSPS) is 12.5. The molecule has 2 unspecified atom stereocenters. The molecule has 3 rings (SSSR count). The smallest absolute Gasteiger partial charge is 0.261 e. The van der Waals surface area contributed by atoms with Crippen LogP contribution in [0.25, 0.3) is 0 Å². The van der Waals surface area contributed by atoms with Crippen LogP contribution < -0.4 is 10.1 Å². The fourth-order valence-electron chi connectivity index (χ4n) is 3.88. The maximum atomic E-state index is 13.6. The summed E-state index contributed by atoms with van der Waals surface area (Å²) >= 11 is 0. The zero-order chi connectivity index (χ0) is 26.1. The van der Waals surface area contributed by atoms with Crippen molar-refractivity contribution >= 4 is 11.8 Å². The van der Waals surface area contributed by atoms with Crippen LogP contribution in [0.3, 0.4) is 0 Å². The molecule has 2 atom stereocenters. The summed E-state index contributed by atoms with van der Waals surface area (Å²) in [4.78, 5) is 28.6. The third kappa shape index (κ3) is 7.41. The average molecular weight is 491 g/mol. The molecule has 0 aliphatic heterocycles. The summed E-state index contributed by atoms with van der Waals surface area (Å²) in [6.07, 6.45) is 1.12. The van der Waals surface area contributed by atoms with Crippen molar-refractivity contribution in [2.45, 2.75) is 59.2 Å². The SMILES string of the molecule is CCC(C)NC(=O)C(Cc1ccccc1)N(Cc1ccc(F)cc1)C(=O)COc1cccc(C)c1C. The number of ether oxygens (including phenoxy) is 1. The Bertz CT molecular complexity index is 1150. The van der Waals surface area contributed by atoms with Crippen LogP contribution in [0.4, 0.5) is 4.39 Å². The Morgan fingerprint density at radius 1 is 0.944 bits per heavy atom. The minimum absolute atomic E-state index is 0.0373. The van der Waals surface area contributed by atoms with E-state index in [0.29, 0.717) is 12.2 Å². The van der Waals surface area contributed by atoms with Crippen molar-refractivity contribution in [3.05, 3.63) is 101 Å². The van der Waals surface area contributed by atoms with Gasteiger partial charge in [-0.15, -0.1) is 0 Å². The Hall–Kier alpha value is -3.67. The molecule has 0 fully saturated rings. The lowest BCUT2D eigenvalue weighted by molar-refractivity contribution is -0.143. The fourth-order valence-corrected chi connectivity index (χ4v) is 3.88. The Labute approximate surface area is 213 Å². The number of hydrogen-bond donors (Lipinski definition) is 1. The van der Waals surface area contributed by atoms with Crippen molar-refractivity contribution in [1.29, 1.82) is 0 Å². The number of amides is 2. The maximum absolute atomic E-state index is 13.6. The van der Waals surface area contributed by atoms with E-state index < -0.39 is 6.04 Å². The summed E-state index contributed by atoms with van der Waals surface area (Å²) in [5.41, 5.74) is 3.70. The van der Waals surface area contributed by atoms with E-state index >= 15 is 0 Å². The second-order valence-corrected chi connectivity index (χ2v) is 9.16. The number of aryl methyl sites for hydroxylation is 1. The monoisotopic (exact) mass is 490 g/mol. The largest absolute Gasteiger partial charge is 0.483 e. The summed E-state index contributed by atoms with van der Waals surface area (Å²) in [7, 11) is 0. The van der Waals surface area contributed by atoms with Crippen molar-refractivity contribution in [2.24, 2.45) is 0 Å². The van der Waals surface area contributed by atoms with Crippen LogP contribution >= 0.6 is 0 Å². The van der Waals surface area contributed by atoms with E-state index in [1.165, 1.54) is 12.1 Å². The van der Waals surface area contributed by atoms with Gasteiger partial charge in [0, 0.05) is 19.0 Å². The molecular formula is C30H35FN2O3. The van der Waals surface area contributed by atoms with Gasteiger partial charge in [0.25, 0.3) is 5.91 Å². The molecular weight excluding hydrogens is 455 g/mol. The molecule has 0 aliphatic carbocycles. The van der Waals surface area contributed by atoms with Gasteiger partial charge in [-0.25, -0.2) is 4.39 Å². The van der Waals surface area contributed by atoms with Crippen molar-refractivity contribution in [3.63, 3.8) is 0 Å². The van der Waals surface area contributed by atoms with Gasteiger partial charge in [0.15, 0.2) is 6.61 Å². The predicted octanol–water partition coefficient (Wildman–Crippen LogP) is 5.38. The molecule has 190 valence electrons. The first-order valence-electron chi connectivity index (χ1n) is 12.4. The molecule has 36 heavy (non-hydrogen) atoms. The molecule has 0 aromatic heterocycles. The minimum Gasteiger partial charge on any atom is -0.483 e. The fraction of sp³-hybridized carbons (Fsp3) is 0.333. The van der Waals surface area contributed by atoms with Crippen molar-refractivity contribution in [3.8, 4) is 5.75 Å². The summed E-state index contributed by atoms with van der Waals surface area (Å²) in [6.45, 7) is 7.81. The number of carbonyl (C=O) groups excluding carboxylic acids is 2. The highest BCUT2D eigenvalue weighted by molar-refractivity contribution is 5.88. The van der Waals surface area contributed by atoms with Crippen LogP contribution in [0.1, 0.15) is 42.5 Å². The van der Waals surface area contributed by atoms with Crippen LogP contribution in [-0.4, -0.2) is 35.4 Å². The maximum Gasteiger partial charge on any atom is 0.261 e. The van der Waals surface area contributed by atoms with E-state index in [4.69, 9.17) is 4.74 Å². The molecule has 0 heterocycles. The van der Waals surface area contributed by atoms with Crippen LogP contribution in [0, 0.1) is 19.7 Å². The number of carbonyl (C=O) groups is 2. The van der Waals surface area contributed by atoms with Gasteiger partial charge in [-0.3, -0.25) is 9.59 Å². The van der Waals surface area contributed by atoms with Crippen LogP contribution in [0.2, 0.25) is 0 Å². The molecule has 0 aliphatic rings. The minimum atomic E-state index is -0.763. The molecule has 2 amide bonds. The summed E-state index contributed by atoms with van der Waals surface area (Å²) in [6, 6.07) is 20.5. The molecule has 0 bridgehead atoms. The number of nitrogens with one attached hydrogen (secondary N) is 1. The number of rotatable bonds is 11. The molecule has 6 heteroatoms. The highest BCUT2D eigenvalue weighted by Gasteiger charge is 2.31. The zero-order valence-electron chi connectivity index (χ0n) is 21.5. The van der Waals surface area contributed by atoms with E-state index in [2.05, 4.69) is 5.32 Å². The van der Waals surface area contributed by atoms with Crippen LogP contribution in [0.5, 0.6) is 5.75 Å². The highest BCUT2D eigenvalue weighted by Crippen LogP contribution is 2.21. The lowest BCUT2D eigenvalue weighted by Crippen LogP contribution is -2.53. The van der Waals surface area contributed by atoms with E-state index in [9.17, 15) is 14.0 Å². The highest BCUT2D eigenvalue weighted by atomic mass is 19.1. The predicted molar refractivity (Wildman–Crippen MR) is 140 cm³/mol. The van der Waals surface area contributed by atoms with Gasteiger partial charge < -0.3 is 15.0 Å². The molecule has 0 saturated heterocycles. The summed E-state index contributed by atoms with van der Waals surface area (Å²) in [5, 5.41) is 3.04. The molecule has 0 radical (unpaired) electrons. The molecule has 0 spiro atoms. The van der Waals surface area contributed by atoms with Gasteiger partial charge >= 0.3 is 0 Å². The van der Waals surface area contributed by atoms with E-state index in [1.54, 1.807) is 17.0 Å². The van der Waals surface area contributed by atoms with E-state index in [1.807, 2.05) is 76.2 Å². The molecule has 0 saturated carbocycles. The van der Waals surface area contributed by atoms with Crippen LogP contribution in [0.15, 0.2) is 72.8 Å². The second-order valence-electron chi connectivity index (χ2n) is 9.16. The second kappa shape index (κ2) is 12.9. The number of benzene rings is 3. The Kier molecular flexibility index (Phi) is 9.62. The third-order valence-electron chi connectivity index (χ3n) is 6.44. The Morgan fingerprint density at radius 3 is 2.31 bits per heavy atom. The molecule has 5 nitrogen and oxygen atoms in total. The van der Waals surface area contributed by atoms with Gasteiger partial charge in [-0.1, -0.05) is 61.5 Å². The first-order valence-corrected chi connectivity index (χ1v) is 12.4. The van der Waals surface area contributed by atoms with Gasteiger partial charge in [0.2, 0.25) is 5.91 Å². The average Bonchev–Trinajstić information content (AvgIpc) is 2.88. The lowest BCUT2D eigenvalue weighted by Gasteiger charge is -2.32. The van der Waals surface area contributed by atoms with Gasteiger partial charge in [0.05, 0.1) is 0 Å². The van der Waals surface area contributed by atoms with Crippen molar-refractivity contribution in [2.75, 3.05) is 6.61 Å². The topological polar surface area (TPSA) is 58.6 Å². The number of nitrogens with zero attached hydrogens (tertiary/aromatic N) is 1. The number of hydrogen-bond acceptors (Lipinski definition) is 3. The van der Waals surface area contributed by atoms with Gasteiger partial charge in [-0.05, 0) is 67.6 Å². The van der Waals surface area contributed by atoms with Gasteiger partial charge in [-0.2, -0.15) is 0 Å². The lowest BCUT2D eigenvalue weighted by atomic mass is 10.0. The van der Waals surface area contributed by atoms with E-state index in [-0.39, 0.29) is 36.8 Å². The van der Waals surface area contributed by atoms with Gasteiger partial charge in [0.1, 0.15) is 17.6 Å².